The van der Waals surface area contributed by atoms with Crippen molar-refractivity contribution < 1.29 is 4.79 Å². The van der Waals surface area contributed by atoms with Crippen LogP contribution in [0.2, 0.25) is 0 Å². The monoisotopic (exact) mass is 426 g/mol. The molecule has 1 N–H and O–H groups in total. The Bertz CT molecular complexity index is 1250. The largest absolute Gasteiger partial charge is 0.348 e. The van der Waals surface area contributed by atoms with Gasteiger partial charge in [0.25, 0.3) is 5.56 Å². The molecule has 1 atom stereocenters. The Balaban J connectivity index is 1.50. The van der Waals surface area contributed by atoms with Crippen LogP contribution in [0.5, 0.6) is 0 Å². The highest BCUT2D eigenvalue weighted by atomic mass is 16.1. The summed E-state index contributed by atoms with van der Waals surface area (Å²) in [7, 11) is 0. The van der Waals surface area contributed by atoms with Crippen LogP contribution in [0.1, 0.15) is 36.3 Å². The maximum absolute atomic E-state index is 13.2. The maximum Gasteiger partial charge on any atom is 0.272 e. The molecule has 6 heteroatoms. The molecule has 6 nitrogen and oxygen atoms in total. The van der Waals surface area contributed by atoms with E-state index in [0.29, 0.717) is 12.2 Å². The van der Waals surface area contributed by atoms with Gasteiger partial charge in [-0.3, -0.25) is 14.6 Å². The van der Waals surface area contributed by atoms with E-state index in [9.17, 15) is 9.59 Å². The van der Waals surface area contributed by atoms with Crippen molar-refractivity contribution in [1.82, 2.24) is 19.9 Å². The first kappa shape index (κ1) is 21.4. The van der Waals surface area contributed by atoms with Crippen molar-refractivity contribution in [2.24, 2.45) is 0 Å². The number of aromatic nitrogens is 3. The normalized spacial score (nSPS) is 11.9. The molecule has 32 heavy (non-hydrogen) atoms. The lowest BCUT2D eigenvalue weighted by molar-refractivity contribution is -0.121. The summed E-state index contributed by atoms with van der Waals surface area (Å²) < 4.78 is 1.78. The second-order valence-corrected chi connectivity index (χ2v) is 7.78. The van der Waals surface area contributed by atoms with Gasteiger partial charge in [-0.25, -0.2) is 4.98 Å². The van der Waals surface area contributed by atoms with E-state index < -0.39 is 0 Å². The minimum Gasteiger partial charge on any atom is -0.348 e. The quantitative estimate of drug-likeness (QED) is 0.464. The van der Waals surface area contributed by atoms with Gasteiger partial charge in [-0.2, -0.15) is 0 Å². The van der Waals surface area contributed by atoms with E-state index in [1.54, 1.807) is 10.8 Å². The number of nitrogens with one attached hydrogen (secondary N) is 1. The second kappa shape index (κ2) is 10.0. The highest BCUT2D eigenvalue weighted by Gasteiger charge is 2.15. The molecule has 0 saturated carbocycles. The average molecular weight is 427 g/mol. The summed E-state index contributed by atoms with van der Waals surface area (Å²) in [6, 6.07) is 23.1. The van der Waals surface area contributed by atoms with Gasteiger partial charge in [-0.15, -0.1) is 0 Å². The van der Waals surface area contributed by atoms with Gasteiger partial charge >= 0.3 is 0 Å². The number of benzene rings is 2. The predicted molar refractivity (Wildman–Crippen MR) is 125 cm³/mol. The first-order chi connectivity index (χ1) is 15.6. The first-order valence-electron chi connectivity index (χ1n) is 10.8. The number of para-hydroxylation sites is 2. The number of carbonyl (C=O) groups is 1. The number of rotatable bonds is 8. The molecule has 2 heterocycles. The van der Waals surface area contributed by atoms with E-state index in [2.05, 4.69) is 27.4 Å². The highest BCUT2D eigenvalue weighted by Crippen LogP contribution is 2.13. The van der Waals surface area contributed by atoms with Gasteiger partial charge in [0, 0.05) is 25.6 Å². The summed E-state index contributed by atoms with van der Waals surface area (Å²) in [4.78, 5) is 34.6. The molecule has 1 amide bonds. The molecule has 162 valence electrons. The fourth-order valence-electron chi connectivity index (χ4n) is 3.77. The van der Waals surface area contributed by atoms with Crippen molar-refractivity contribution in [3.05, 3.63) is 106 Å². The first-order valence-corrected chi connectivity index (χ1v) is 10.8. The molecule has 4 rings (SSSR count). The molecule has 0 bridgehead atoms. The van der Waals surface area contributed by atoms with Gasteiger partial charge in [0.05, 0.1) is 22.8 Å². The molecule has 0 unspecified atom stereocenters. The minimum atomic E-state index is -0.198. The molecule has 0 fully saturated rings. The van der Waals surface area contributed by atoms with Crippen LogP contribution in [-0.4, -0.2) is 20.4 Å². The number of hydrogen-bond donors (Lipinski definition) is 1. The van der Waals surface area contributed by atoms with E-state index >= 15 is 0 Å². The van der Waals surface area contributed by atoms with Crippen LogP contribution in [0, 0.1) is 0 Å². The minimum absolute atomic E-state index is 0.131. The van der Waals surface area contributed by atoms with Crippen LogP contribution in [0.3, 0.4) is 0 Å². The van der Waals surface area contributed by atoms with Crippen molar-refractivity contribution in [3.63, 3.8) is 0 Å². The maximum atomic E-state index is 13.2. The van der Waals surface area contributed by atoms with Crippen LogP contribution in [0.15, 0.2) is 83.8 Å². The summed E-state index contributed by atoms with van der Waals surface area (Å²) in [6.07, 6.45) is 2.93. The third-order valence-corrected chi connectivity index (χ3v) is 5.48. The highest BCUT2D eigenvalue weighted by molar-refractivity contribution is 5.77. The number of pyridine rings is 1. The van der Waals surface area contributed by atoms with Gasteiger partial charge < -0.3 is 9.88 Å². The number of fused-ring (bicyclic) bond motifs is 1. The smallest absolute Gasteiger partial charge is 0.272 e. The summed E-state index contributed by atoms with van der Waals surface area (Å²) in [5.74, 6) is -0.131. The van der Waals surface area contributed by atoms with Gasteiger partial charge in [0.2, 0.25) is 5.91 Å². The van der Waals surface area contributed by atoms with Gasteiger partial charge in [0.15, 0.2) is 0 Å². The van der Waals surface area contributed by atoms with Crippen LogP contribution in [0.25, 0.3) is 11.0 Å². The molecule has 0 aliphatic carbocycles. The lowest BCUT2D eigenvalue weighted by Crippen LogP contribution is -2.30. The Kier molecular flexibility index (Phi) is 6.70. The molecule has 0 spiro atoms. The summed E-state index contributed by atoms with van der Waals surface area (Å²) in [6.45, 7) is 2.45. The molecular formula is C26H26N4O2. The van der Waals surface area contributed by atoms with E-state index in [4.69, 9.17) is 0 Å². The molecule has 2 aromatic carbocycles. The van der Waals surface area contributed by atoms with Crippen molar-refractivity contribution in [1.29, 1.82) is 0 Å². The molecule has 0 radical (unpaired) electrons. The van der Waals surface area contributed by atoms with E-state index in [1.165, 1.54) is 5.56 Å². The summed E-state index contributed by atoms with van der Waals surface area (Å²) in [5.41, 5.74) is 3.82. The Morgan fingerprint density at radius 3 is 2.50 bits per heavy atom. The van der Waals surface area contributed by atoms with Gasteiger partial charge in [0.1, 0.15) is 5.69 Å². The molecule has 0 aliphatic heterocycles. The number of carbonyl (C=O) groups excluding carboxylic acids is 1. The van der Waals surface area contributed by atoms with E-state index in [0.717, 1.165) is 23.1 Å². The van der Waals surface area contributed by atoms with E-state index in [-0.39, 0.29) is 30.3 Å². The fraction of sp³-hybridized carbons (Fsp3) is 0.231. The zero-order valence-electron chi connectivity index (χ0n) is 18.1. The topological polar surface area (TPSA) is 76.9 Å². The fourth-order valence-corrected chi connectivity index (χ4v) is 3.77. The molecule has 0 aliphatic rings. The lowest BCUT2D eigenvalue weighted by atomic mass is 10.1. The zero-order valence-corrected chi connectivity index (χ0v) is 18.1. The molecule has 4 aromatic rings. The number of aryl methyl sites for hydroxylation is 3. The van der Waals surface area contributed by atoms with Crippen LogP contribution in [-0.2, 0) is 24.2 Å². The average Bonchev–Trinajstić information content (AvgIpc) is 2.83. The third kappa shape index (κ3) is 5.09. The van der Waals surface area contributed by atoms with Gasteiger partial charge in [-0.05, 0) is 43.2 Å². The van der Waals surface area contributed by atoms with Crippen molar-refractivity contribution in [3.8, 4) is 0 Å². The number of amides is 1. The van der Waals surface area contributed by atoms with Crippen molar-refractivity contribution >= 4 is 16.9 Å². The Morgan fingerprint density at radius 1 is 0.969 bits per heavy atom. The van der Waals surface area contributed by atoms with E-state index in [1.807, 2.05) is 67.6 Å². The number of hydrogen-bond acceptors (Lipinski definition) is 4. The Labute approximate surface area is 187 Å². The Morgan fingerprint density at radius 2 is 1.72 bits per heavy atom. The lowest BCUT2D eigenvalue weighted by Gasteiger charge is -2.14. The molecule has 0 saturated heterocycles. The zero-order chi connectivity index (χ0) is 22.3. The van der Waals surface area contributed by atoms with Crippen LogP contribution >= 0.6 is 0 Å². The summed E-state index contributed by atoms with van der Waals surface area (Å²) >= 11 is 0. The number of nitrogens with zero attached hydrogens (tertiary/aromatic N) is 3. The van der Waals surface area contributed by atoms with Crippen molar-refractivity contribution in [2.45, 2.75) is 38.8 Å². The summed E-state index contributed by atoms with van der Waals surface area (Å²) in [5, 5.41) is 2.95. The Hall–Kier alpha value is -3.80. The molecular weight excluding hydrogens is 400 g/mol. The predicted octanol–water partition coefficient (Wildman–Crippen LogP) is 3.84. The van der Waals surface area contributed by atoms with Crippen LogP contribution in [0.4, 0.5) is 0 Å². The van der Waals surface area contributed by atoms with Crippen molar-refractivity contribution in [2.75, 3.05) is 0 Å². The second-order valence-electron chi connectivity index (χ2n) is 7.78. The van der Waals surface area contributed by atoms with Crippen LogP contribution < -0.4 is 10.9 Å². The SMILES string of the molecule is C[C@@H](NC(=O)CCc1nc2ccccc2n(CCc2ccccc2)c1=O)c1ccccn1. The third-order valence-electron chi connectivity index (χ3n) is 5.48. The standard InChI is InChI=1S/C26H26N4O2/c1-19(21-11-7-8-17-27-21)28-25(31)15-14-23-26(32)30(18-16-20-9-3-2-4-10-20)24-13-6-5-12-22(24)29-23/h2-13,17,19H,14-16,18H2,1H3,(H,28,31)/t19-/m1/s1. The van der Waals surface area contributed by atoms with Gasteiger partial charge in [-0.1, -0.05) is 48.5 Å². The molecule has 2 aromatic heterocycles.